The van der Waals surface area contributed by atoms with E-state index in [9.17, 15) is 21.0 Å². The molecule has 4 aromatic carbocycles. The molecular weight excluding hydrogens is 1200 g/mol. The van der Waals surface area contributed by atoms with Crippen molar-refractivity contribution >= 4 is 38.9 Å². The van der Waals surface area contributed by atoms with Crippen LogP contribution in [0.25, 0.3) is 0 Å². The number of hydrogen-bond acceptors (Lipinski definition) is 8. The maximum atomic E-state index is 10.2. The third-order valence-corrected chi connectivity index (χ3v) is 28.7. The van der Waals surface area contributed by atoms with E-state index >= 15 is 0 Å². The lowest BCUT2D eigenvalue weighted by Gasteiger charge is -2.38. The van der Waals surface area contributed by atoms with Gasteiger partial charge in [0.1, 0.15) is 62.7 Å². The number of nitriles is 4. The zero-order valence-electron chi connectivity index (χ0n) is 59.3. The van der Waals surface area contributed by atoms with E-state index in [1.54, 1.807) is 0 Å². The van der Waals surface area contributed by atoms with Crippen molar-refractivity contribution in [1.82, 2.24) is 0 Å². The highest BCUT2D eigenvalue weighted by atomic mass is 28.3. The molecular formula is C86H82N8Si2. The second-order valence-electron chi connectivity index (χ2n) is 25.0. The highest BCUT2D eigenvalue weighted by molar-refractivity contribution is 6.91. The van der Waals surface area contributed by atoms with E-state index in [0.717, 1.165) is 22.7 Å². The van der Waals surface area contributed by atoms with E-state index in [1.807, 2.05) is 197 Å². The van der Waals surface area contributed by atoms with E-state index in [4.69, 9.17) is 0 Å². The molecule has 0 unspecified atom stereocenters. The number of hydrogen-bond donors (Lipinski definition) is 0. The van der Waals surface area contributed by atoms with E-state index in [1.165, 1.54) is 0 Å². The topological polar surface area (TPSA) is 108 Å². The molecule has 0 aliphatic heterocycles. The van der Waals surface area contributed by atoms with E-state index in [-0.39, 0.29) is 77.8 Å². The van der Waals surface area contributed by atoms with Crippen molar-refractivity contribution in [3.8, 4) is 166 Å². The molecule has 0 N–H and O–H groups in total. The van der Waals surface area contributed by atoms with Crippen LogP contribution >= 0.6 is 0 Å². The van der Waals surface area contributed by atoms with Crippen LogP contribution in [0.15, 0.2) is 142 Å². The molecule has 4 aromatic rings. The van der Waals surface area contributed by atoms with Crippen molar-refractivity contribution in [3.63, 3.8) is 0 Å². The van der Waals surface area contributed by atoms with Crippen LogP contribution in [0.4, 0.5) is 22.7 Å². The molecule has 4 rings (SSSR count). The Bertz CT molecular complexity index is 4170. The van der Waals surface area contributed by atoms with Gasteiger partial charge in [-0.05, 0) is 201 Å². The van der Waals surface area contributed by atoms with Crippen LogP contribution in [-0.2, 0) is 0 Å². The van der Waals surface area contributed by atoms with Gasteiger partial charge in [0.25, 0.3) is 0 Å². The first-order chi connectivity index (χ1) is 45.7. The summed E-state index contributed by atoms with van der Waals surface area (Å²) in [6.45, 7) is 26.2. The average molecular weight is 1280 g/mol. The Hall–Kier alpha value is -11.8. The molecule has 0 aromatic heterocycles. The summed E-state index contributed by atoms with van der Waals surface area (Å²) in [7, 11) is 11.1. The Morgan fingerprint density at radius 1 is 0.250 bits per heavy atom. The summed E-state index contributed by atoms with van der Waals surface area (Å²) in [6.07, 6.45) is 0. The fraction of sp³-hybridized carbons (Fsp3) is 0.302. The summed E-state index contributed by atoms with van der Waals surface area (Å²) < 4.78 is 0. The molecule has 8 nitrogen and oxygen atoms in total. The highest BCUT2D eigenvalue weighted by Crippen LogP contribution is 2.42. The lowest BCUT2D eigenvalue weighted by atomic mass is 10.1. The molecule has 0 fully saturated rings. The van der Waals surface area contributed by atoms with Crippen LogP contribution in [-0.4, -0.2) is 72.5 Å². The zero-order valence-corrected chi connectivity index (χ0v) is 61.3. The van der Waals surface area contributed by atoms with Gasteiger partial charge >= 0.3 is 0 Å². The molecule has 0 saturated carbocycles. The number of anilines is 4. The molecule has 0 atom stereocenters. The number of rotatable bonds is 10. The molecule has 0 amide bonds. The van der Waals surface area contributed by atoms with Gasteiger partial charge in [-0.25, -0.2) is 0 Å². The van der Waals surface area contributed by atoms with E-state index in [2.05, 4.69) is 224 Å². The van der Waals surface area contributed by atoms with Crippen LogP contribution in [0.5, 0.6) is 0 Å². The SMILES string of the molecule is CC(C)[Si](C#CC(C#CC#CC(C#CC#CC(C#CC#CC(C#C[Si](C(C)C)(C(C)C)C(C)C)=C(C#N)C#N)=C(C#Cc1ccc(N(C)C)cc1)C#Cc1ccc(N(C)C)cc1)=C(C#Cc1ccc(N(C)C)cc1)C#Cc1ccc(N(C)C)cc1)=C(C#N)C#N)(C(C)C)C(C)C. The molecule has 96 heavy (non-hydrogen) atoms. The van der Waals surface area contributed by atoms with Gasteiger partial charge in [0.2, 0.25) is 0 Å². The fourth-order valence-electron chi connectivity index (χ4n) is 10.9. The van der Waals surface area contributed by atoms with Gasteiger partial charge in [0.15, 0.2) is 11.1 Å². The van der Waals surface area contributed by atoms with Gasteiger partial charge in [-0.3, -0.25) is 0 Å². The van der Waals surface area contributed by atoms with Crippen LogP contribution < -0.4 is 19.6 Å². The third kappa shape index (κ3) is 21.9. The quantitative estimate of drug-likeness (QED) is 0.0878. The summed E-state index contributed by atoms with van der Waals surface area (Å²) in [5, 5.41) is 40.6. The molecule has 474 valence electrons. The molecule has 0 spiro atoms. The van der Waals surface area contributed by atoms with Gasteiger partial charge in [-0.2, -0.15) is 21.0 Å². The van der Waals surface area contributed by atoms with Gasteiger partial charge < -0.3 is 19.6 Å². The molecule has 0 saturated heterocycles. The molecule has 0 radical (unpaired) electrons. The summed E-state index contributed by atoms with van der Waals surface area (Å²) >= 11 is 0. The normalized spacial score (nSPS) is 9.60. The Morgan fingerprint density at radius 3 is 0.573 bits per heavy atom. The molecule has 0 aliphatic carbocycles. The van der Waals surface area contributed by atoms with Crippen molar-refractivity contribution in [1.29, 1.82) is 21.0 Å². The smallest absolute Gasteiger partial charge is 0.153 e. The second-order valence-corrected chi connectivity index (χ2v) is 36.2. The van der Waals surface area contributed by atoms with Crippen molar-refractivity contribution in [2.75, 3.05) is 76.0 Å². The van der Waals surface area contributed by atoms with Crippen LogP contribution in [0.3, 0.4) is 0 Å². The van der Waals surface area contributed by atoms with Gasteiger partial charge in [0, 0.05) is 101 Å². The Morgan fingerprint density at radius 2 is 0.417 bits per heavy atom. The maximum Gasteiger partial charge on any atom is 0.153 e. The van der Waals surface area contributed by atoms with Crippen molar-refractivity contribution < 1.29 is 0 Å². The number of benzene rings is 4. The average Bonchev–Trinajstić information content (AvgIpc) is 0.827. The molecule has 10 heteroatoms. The standard InChI is InChI=1S/C86H82N8Si2/c1-65(2)95(66(3)4,67(5)6)59-57-77(81(61-87)62-88)31-25-23-29-75(79(45-33-71-37-49-83(50-38-71)91(13)14)46-34-72-39-51-84(52-40-72)92(15)16)27-21-22-28-76(30-24-26-32-78(82(63-89)64-90)58-60-96(68(7)8,69(9)10)70(11)12)80(47-35-73-41-53-85(54-42-73)93(17)18)48-36-74-43-55-86(56-44-74)94(19)20/h37-44,49-56,65-70H,1-20H3. The van der Waals surface area contributed by atoms with Crippen molar-refractivity contribution in [2.45, 2.75) is 116 Å². The van der Waals surface area contributed by atoms with E-state index < -0.39 is 16.1 Å². The third-order valence-electron chi connectivity index (χ3n) is 16.2. The minimum absolute atomic E-state index is 0.0869. The Balaban J connectivity index is 2.29. The molecule has 0 heterocycles. The minimum Gasteiger partial charge on any atom is -0.378 e. The first-order valence-corrected chi connectivity index (χ1v) is 36.0. The summed E-state index contributed by atoms with van der Waals surface area (Å²) in [6, 6.07) is 39.1. The summed E-state index contributed by atoms with van der Waals surface area (Å²) in [5.74, 6) is 68.6. The highest BCUT2D eigenvalue weighted by Gasteiger charge is 2.43. The van der Waals surface area contributed by atoms with Crippen molar-refractivity contribution in [2.24, 2.45) is 0 Å². The predicted molar refractivity (Wildman–Crippen MR) is 405 cm³/mol. The maximum absolute atomic E-state index is 10.2. The molecule has 0 aliphatic rings. The first kappa shape index (κ1) is 76.6. The van der Waals surface area contributed by atoms with Crippen molar-refractivity contribution in [3.05, 3.63) is 164 Å². The monoisotopic (exact) mass is 1280 g/mol. The van der Waals surface area contributed by atoms with Gasteiger partial charge in [-0.15, -0.1) is 11.1 Å². The van der Waals surface area contributed by atoms with Crippen LogP contribution in [0, 0.1) is 187 Å². The van der Waals surface area contributed by atoms with E-state index in [0.29, 0.717) is 22.3 Å². The zero-order chi connectivity index (χ0) is 71.1. The lowest BCUT2D eigenvalue weighted by Crippen LogP contribution is -2.43. The Kier molecular flexibility index (Phi) is 30.0. The Labute approximate surface area is 578 Å². The lowest BCUT2D eigenvalue weighted by molar-refractivity contribution is 0.838. The predicted octanol–water partition coefficient (Wildman–Crippen LogP) is 15.2. The van der Waals surface area contributed by atoms with Gasteiger partial charge in [0.05, 0.1) is 11.1 Å². The number of allylic oxidation sites excluding steroid dienone is 8. The van der Waals surface area contributed by atoms with Gasteiger partial charge in [-0.1, -0.05) is 142 Å². The molecule has 0 bridgehead atoms. The summed E-state index contributed by atoms with van der Waals surface area (Å²) in [5.41, 5.74) is 16.4. The fourth-order valence-corrected chi connectivity index (χ4v) is 21.3. The summed E-state index contributed by atoms with van der Waals surface area (Å²) in [4.78, 5) is 8.00. The number of nitrogens with zero attached hydrogens (tertiary/aromatic N) is 8. The second kappa shape index (κ2) is 37.6. The largest absolute Gasteiger partial charge is 0.378 e. The minimum atomic E-state index is -2.32. The van der Waals surface area contributed by atoms with Crippen LogP contribution in [0.1, 0.15) is 105 Å². The van der Waals surface area contributed by atoms with Crippen LogP contribution in [0.2, 0.25) is 33.2 Å². The first-order valence-electron chi connectivity index (χ1n) is 31.6.